The van der Waals surface area contributed by atoms with E-state index in [0.717, 1.165) is 78.7 Å². The highest BCUT2D eigenvalue weighted by molar-refractivity contribution is 5.91. The molecule has 2 aromatic carbocycles. The lowest BCUT2D eigenvalue weighted by molar-refractivity contribution is -0.142. The van der Waals surface area contributed by atoms with E-state index in [1.807, 2.05) is 58.0 Å². The largest absolute Gasteiger partial charge is 0.480 e. The number of aliphatic carboxylic acids is 1. The molecule has 4 aliphatic heterocycles. The van der Waals surface area contributed by atoms with E-state index in [0.29, 0.717) is 51.6 Å². The highest BCUT2D eigenvalue weighted by atomic mass is 16.6. The van der Waals surface area contributed by atoms with Crippen LogP contribution in [-0.4, -0.2) is 147 Å². The Morgan fingerprint density at radius 3 is 2.37 bits per heavy atom. The third-order valence-electron chi connectivity index (χ3n) is 11.1. The number of aryl methyl sites for hydroxylation is 1. The summed E-state index contributed by atoms with van der Waals surface area (Å²) in [4.78, 5) is 61.9. The molecule has 51 heavy (non-hydrogen) atoms. The summed E-state index contributed by atoms with van der Waals surface area (Å²) in [6.07, 6.45) is 4.18. The number of H-pyrrole nitrogens is 1. The van der Waals surface area contributed by atoms with Crippen LogP contribution in [0.1, 0.15) is 42.4 Å². The standard InChI is InChI=1S/C37H48N8O6/c1-25-20-26(21-28-23-38-40-34(25)28)22-32(35(48)43-11-7-29(8-12-43)42-18-16-41(17-19-42)24-33(46)47)51-37(50)44-13-9-30(10-14-44)45-15-6-27-4-2-3-5-31(27)39-36(45)49/h2-5,20-21,23,29-30,32H,6-19,22,24H2,1H3,(H,38,40)(H,39,49)(H,46,47)/t32-/m1/s1. The van der Waals surface area contributed by atoms with E-state index < -0.39 is 18.2 Å². The lowest BCUT2D eigenvalue weighted by Gasteiger charge is -2.43. The van der Waals surface area contributed by atoms with Crippen LogP contribution in [0.3, 0.4) is 0 Å². The van der Waals surface area contributed by atoms with Crippen molar-refractivity contribution in [3.8, 4) is 0 Å². The van der Waals surface area contributed by atoms with E-state index in [1.54, 1.807) is 11.1 Å². The lowest BCUT2D eigenvalue weighted by atomic mass is 9.99. The van der Waals surface area contributed by atoms with Crippen LogP contribution >= 0.6 is 0 Å². The number of fused-ring (bicyclic) bond motifs is 2. The lowest BCUT2D eigenvalue weighted by Crippen LogP contribution is -2.55. The first-order valence-electron chi connectivity index (χ1n) is 18.2. The zero-order chi connectivity index (χ0) is 35.5. The normalized spacial score (nSPS) is 20.5. The number of piperidine rings is 2. The van der Waals surface area contributed by atoms with Crippen molar-refractivity contribution in [2.24, 2.45) is 0 Å². The van der Waals surface area contributed by atoms with Crippen molar-refractivity contribution in [1.29, 1.82) is 0 Å². The average Bonchev–Trinajstić information content (AvgIpc) is 3.55. The number of carboxylic acids is 1. The number of anilines is 1. The van der Waals surface area contributed by atoms with Crippen LogP contribution in [0.5, 0.6) is 0 Å². The van der Waals surface area contributed by atoms with Gasteiger partial charge in [-0.2, -0.15) is 5.10 Å². The Morgan fingerprint density at radius 1 is 0.922 bits per heavy atom. The number of carbonyl (C=O) groups is 4. The van der Waals surface area contributed by atoms with Crippen LogP contribution in [0.25, 0.3) is 10.9 Å². The van der Waals surface area contributed by atoms with Gasteiger partial charge in [-0.3, -0.25) is 24.5 Å². The van der Waals surface area contributed by atoms with E-state index in [9.17, 15) is 19.2 Å². The number of urea groups is 1. The van der Waals surface area contributed by atoms with Gasteiger partial charge in [0.15, 0.2) is 6.10 Å². The molecule has 14 nitrogen and oxygen atoms in total. The molecular formula is C37H48N8O6. The van der Waals surface area contributed by atoms with Gasteiger partial charge in [0, 0.05) is 88.5 Å². The maximum atomic E-state index is 14.2. The van der Waals surface area contributed by atoms with Crippen LogP contribution in [0, 0.1) is 6.92 Å². The van der Waals surface area contributed by atoms with Gasteiger partial charge in [0.2, 0.25) is 0 Å². The summed E-state index contributed by atoms with van der Waals surface area (Å²) in [5, 5.41) is 20.3. The number of carboxylic acid groups (broad SMARTS) is 1. The summed E-state index contributed by atoms with van der Waals surface area (Å²) in [6, 6.07) is 12.1. The van der Waals surface area contributed by atoms with Crippen LogP contribution in [-0.2, 0) is 27.2 Å². The fraction of sp³-hybridized carbons (Fsp3) is 0.541. The van der Waals surface area contributed by atoms with Crippen molar-refractivity contribution in [2.45, 2.75) is 63.6 Å². The minimum absolute atomic E-state index is 0.00639. The number of nitrogens with one attached hydrogen (secondary N) is 2. The van der Waals surface area contributed by atoms with Crippen molar-refractivity contribution < 1.29 is 29.0 Å². The molecule has 1 atom stereocenters. The predicted molar refractivity (Wildman–Crippen MR) is 191 cm³/mol. The van der Waals surface area contributed by atoms with Gasteiger partial charge in [0.25, 0.3) is 5.91 Å². The summed E-state index contributed by atoms with van der Waals surface area (Å²) >= 11 is 0. The van der Waals surface area contributed by atoms with Gasteiger partial charge >= 0.3 is 18.1 Å². The maximum absolute atomic E-state index is 14.2. The Balaban J connectivity index is 0.977. The summed E-state index contributed by atoms with van der Waals surface area (Å²) < 4.78 is 6.11. The van der Waals surface area contributed by atoms with E-state index in [-0.39, 0.29) is 30.9 Å². The van der Waals surface area contributed by atoms with Crippen molar-refractivity contribution in [2.75, 3.05) is 70.8 Å². The number of rotatable bonds is 8. The average molecular weight is 701 g/mol. The molecule has 14 heteroatoms. The highest BCUT2D eigenvalue weighted by Crippen LogP contribution is 2.27. The third kappa shape index (κ3) is 7.96. The summed E-state index contributed by atoms with van der Waals surface area (Å²) in [6.45, 7) is 7.76. The monoisotopic (exact) mass is 700 g/mol. The number of hydrogen-bond donors (Lipinski definition) is 3. The highest BCUT2D eigenvalue weighted by Gasteiger charge is 2.36. The van der Waals surface area contributed by atoms with E-state index in [1.165, 1.54) is 0 Å². The topological polar surface area (TPSA) is 155 Å². The molecule has 0 bridgehead atoms. The molecule has 0 saturated carbocycles. The Labute approximate surface area is 297 Å². The number of carbonyl (C=O) groups excluding carboxylic acids is 3. The number of aromatic nitrogens is 2. The molecule has 3 saturated heterocycles. The smallest absolute Gasteiger partial charge is 0.410 e. The molecule has 4 amide bonds. The molecule has 0 radical (unpaired) electrons. The molecule has 7 rings (SSSR count). The molecule has 3 N–H and O–H groups in total. The molecule has 5 heterocycles. The molecule has 1 aromatic heterocycles. The van der Waals surface area contributed by atoms with Gasteiger partial charge < -0.3 is 29.9 Å². The number of ether oxygens (including phenoxy) is 1. The number of piperazine rings is 1. The molecule has 0 aliphatic carbocycles. The number of nitrogens with zero attached hydrogens (tertiary/aromatic N) is 6. The van der Waals surface area contributed by atoms with Gasteiger partial charge in [0.1, 0.15) is 0 Å². The minimum Gasteiger partial charge on any atom is -0.480 e. The molecule has 3 fully saturated rings. The fourth-order valence-corrected chi connectivity index (χ4v) is 8.25. The SMILES string of the molecule is Cc1cc(C[C@@H](OC(=O)N2CCC(N3CCc4ccccc4NC3=O)CC2)C(=O)N2CCC(N3CCN(CC(=O)O)CC3)CC2)cc2cn[nH]c12. The van der Waals surface area contributed by atoms with Gasteiger partial charge in [0.05, 0.1) is 18.3 Å². The second-order valence-electron chi connectivity index (χ2n) is 14.3. The van der Waals surface area contributed by atoms with Crippen LogP contribution in [0.2, 0.25) is 0 Å². The summed E-state index contributed by atoms with van der Waals surface area (Å²) in [5.41, 5.74) is 4.81. The van der Waals surface area contributed by atoms with Gasteiger partial charge in [-0.25, -0.2) is 9.59 Å². The van der Waals surface area contributed by atoms with Gasteiger partial charge in [-0.05, 0) is 67.9 Å². The summed E-state index contributed by atoms with van der Waals surface area (Å²) in [7, 11) is 0. The van der Waals surface area contributed by atoms with Crippen molar-refractivity contribution in [1.82, 2.24) is 34.7 Å². The van der Waals surface area contributed by atoms with Crippen LogP contribution < -0.4 is 5.32 Å². The predicted octanol–water partition coefficient (Wildman–Crippen LogP) is 3.17. The van der Waals surface area contributed by atoms with Crippen molar-refractivity contribution in [3.63, 3.8) is 0 Å². The van der Waals surface area contributed by atoms with E-state index >= 15 is 0 Å². The van der Waals surface area contributed by atoms with Crippen molar-refractivity contribution >= 4 is 40.6 Å². The van der Waals surface area contributed by atoms with Crippen LogP contribution in [0.4, 0.5) is 15.3 Å². The number of para-hydroxylation sites is 1. The molecule has 4 aliphatic rings. The zero-order valence-corrected chi connectivity index (χ0v) is 29.3. The molecule has 272 valence electrons. The number of amides is 4. The second-order valence-corrected chi connectivity index (χ2v) is 14.3. The molecular weight excluding hydrogens is 652 g/mol. The van der Waals surface area contributed by atoms with E-state index in [2.05, 4.69) is 20.4 Å². The first kappa shape index (κ1) is 34.7. The Morgan fingerprint density at radius 2 is 1.63 bits per heavy atom. The van der Waals surface area contributed by atoms with Gasteiger partial charge in [-0.15, -0.1) is 0 Å². The molecule has 0 spiro atoms. The quantitative estimate of drug-likeness (QED) is 0.322. The number of hydrogen-bond acceptors (Lipinski definition) is 8. The minimum atomic E-state index is -0.982. The molecule has 3 aromatic rings. The number of benzene rings is 2. The van der Waals surface area contributed by atoms with Gasteiger partial charge in [-0.1, -0.05) is 24.3 Å². The Kier molecular flexibility index (Phi) is 10.4. The second kappa shape index (κ2) is 15.3. The first-order valence-corrected chi connectivity index (χ1v) is 18.2. The zero-order valence-electron chi connectivity index (χ0n) is 29.3. The maximum Gasteiger partial charge on any atom is 0.410 e. The van der Waals surface area contributed by atoms with E-state index in [4.69, 9.17) is 9.84 Å². The fourth-order valence-electron chi connectivity index (χ4n) is 8.25. The van der Waals surface area contributed by atoms with Crippen molar-refractivity contribution in [3.05, 3.63) is 59.3 Å². The Bertz CT molecular complexity index is 1740. The molecule has 0 unspecified atom stereocenters. The first-order chi connectivity index (χ1) is 24.7. The summed E-state index contributed by atoms with van der Waals surface area (Å²) in [5.74, 6) is -0.989. The Hall–Kier alpha value is -4.69. The number of likely N-dealkylation sites (tertiary alicyclic amines) is 2. The van der Waals surface area contributed by atoms with Crippen LogP contribution in [0.15, 0.2) is 42.6 Å². The number of aromatic amines is 1. The third-order valence-corrected chi connectivity index (χ3v) is 11.1.